The van der Waals surface area contributed by atoms with Crippen LogP contribution in [0, 0.1) is 0 Å². The first kappa shape index (κ1) is 23.3. The van der Waals surface area contributed by atoms with Crippen molar-refractivity contribution in [1.29, 1.82) is 0 Å². The maximum absolute atomic E-state index is 13.3. The summed E-state index contributed by atoms with van der Waals surface area (Å²) in [7, 11) is 0. The van der Waals surface area contributed by atoms with E-state index in [1.165, 1.54) is 5.56 Å². The van der Waals surface area contributed by atoms with Gasteiger partial charge in [0.25, 0.3) is 0 Å². The van der Waals surface area contributed by atoms with Crippen LogP contribution in [0.2, 0.25) is 0 Å². The van der Waals surface area contributed by atoms with Crippen molar-refractivity contribution in [2.24, 2.45) is 0 Å². The lowest BCUT2D eigenvalue weighted by Gasteiger charge is -2.10. The van der Waals surface area contributed by atoms with Crippen LogP contribution in [0.15, 0.2) is 67.0 Å². The summed E-state index contributed by atoms with van der Waals surface area (Å²) in [6.07, 6.45) is 6.53. The number of aliphatic carboxylic acids is 1. The molecule has 0 spiro atoms. The molecule has 0 aliphatic heterocycles. The summed E-state index contributed by atoms with van der Waals surface area (Å²) in [6.45, 7) is 5.56. The van der Waals surface area contributed by atoms with E-state index in [2.05, 4.69) is 43.4 Å². The van der Waals surface area contributed by atoms with E-state index in [1.54, 1.807) is 0 Å². The Bertz CT molecular complexity index is 1040. The van der Waals surface area contributed by atoms with Gasteiger partial charge in [-0.05, 0) is 48.4 Å². The minimum Gasteiger partial charge on any atom is -0.481 e. The van der Waals surface area contributed by atoms with Crippen LogP contribution in [0.5, 0.6) is 0 Å². The molecule has 5 heteroatoms. The van der Waals surface area contributed by atoms with Gasteiger partial charge >= 0.3 is 5.97 Å². The molecule has 0 amide bonds. The van der Waals surface area contributed by atoms with Gasteiger partial charge in [0.1, 0.15) is 0 Å². The second kappa shape index (κ2) is 11.3. The number of nitrogens with zero attached hydrogens (tertiary/aromatic N) is 1. The number of carbonyl (C=O) groups excluding carboxylic acids is 1. The third kappa shape index (κ3) is 6.58. The lowest BCUT2D eigenvalue weighted by atomic mass is 9.96. The Morgan fingerprint density at radius 2 is 1.78 bits per heavy atom. The van der Waals surface area contributed by atoms with E-state index in [4.69, 9.17) is 5.11 Å². The number of carboxylic acids is 1. The highest BCUT2D eigenvalue weighted by molar-refractivity contribution is 6.10. The van der Waals surface area contributed by atoms with E-state index in [1.807, 2.05) is 47.3 Å². The van der Waals surface area contributed by atoms with Gasteiger partial charge in [-0.15, -0.1) is 0 Å². The zero-order valence-electron chi connectivity index (χ0n) is 18.9. The van der Waals surface area contributed by atoms with Crippen LogP contribution >= 0.6 is 0 Å². The number of hydrogen-bond donors (Lipinski definition) is 2. The normalized spacial score (nSPS) is 11.0. The summed E-state index contributed by atoms with van der Waals surface area (Å²) in [6, 6.07) is 18.1. The standard InChI is InChI=1S/C27H32N2O3/c1-20(2)24-18-29(16-8-14-26(30)31)19-25(24)27(32)22-12-6-13-23(17-22)28-15-7-11-21-9-4-3-5-10-21/h3-6,9-10,12-13,17-20,28H,7-8,11,14-16H2,1-2H3,(H,30,31). The second-order valence-corrected chi connectivity index (χ2v) is 8.44. The summed E-state index contributed by atoms with van der Waals surface area (Å²) >= 11 is 0. The summed E-state index contributed by atoms with van der Waals surface area (Å²) < 4.78 is 1.94. The highest BCUT2D eigenvalue weighted by Crippen LogP contribution is 2.25. The maximum Gasteiger partial charge on any atom is 0.303 e. The summed E-state index contributed by atoms with van der Waals surface area (Å²) in [5, 5.41) is 12.3. The molecule has 5 nitrogen and oxygen atoms in total. The smallest absolute Gasteiger partial charge is 0.303 e. The van der Waals surface area contributed by atoms with E-state index in [9.17, 15) is 9.59 Å². The first-order chi connectivity index (χ1) is 15.4. The molecule has 0 radical (unpaired) electrons. The fourth-order valence-electron chi connectivity index (χ4n) is 3.81. The number of aryl methyl sites for hydroxylation is 2. The van der Waals surface area contributed by atoms with Gasteiger partial charge in [0, 0.05) is 48.7 Å². The Balaban J connectivity index is 1.65. The Morgan fingerprint density at radius 1 is 1.00 bits per heavy atom. The number of rotatable bonds is 12. The van der Waals surface area contributed by atoms with Crippen LogP contribution in [-0.2, 0) is 17.8 Å². The van der Waals surface area contributed by atoms with Crippen LogP contribution in [0.3, 0.4) is 0 Å². The van der Waals surface area contributed by atoms with E-state index in [0.717, 1.165) is 30.6 Å². The summed E-state index contributed by atoms with van der Waals surface area (Å²) in [5.41, 5.74) is 4.61. The molecule has 0 bridgehead atoms. The van der Waals surface area contributed by atoms with E-state index in [0.29, 0.717) is 24.1 Å². The topological polar surface area (TPSA) is 71.3 Å². The third-order valence-corrected chi connectivity index (χ3v) is 5.52. The number of benzene rings is 2. The minimum atomic E-state index is -0.800. The van der Waals surface area contributed by atoms with Gasteiger partial charge in [-0.25, -0.2) is 0 Å². The number of ketones is 1. The fourth-order valence-corrected chi connectivity index (χ4v) is 3.81. The molecular formula is C27H32N2O3. The molecule has 0 unspecified atom stereocenters. The van der Waals surface area contributed by atoms with Gasteiger partial charge in [-0.2, -0.15) is 0 Å². The first-order valence-electron chi connectivity index (χ1n) is 11.3. The quantitative estimate of drug-likeness (QED) is 0.282. The number of carbonyl (C=O) groups is 2. The van der Waals surface area contributed by atoms with Gasteiger partial charge in [-0.1, -0.05) is 56.3 Å². The van der Waals surface area contributed by atoms with Gasteiger partial charge in [0.2, 0.25) is 0 Å². The number of carboxylic acid groups (broad SMARTS) is 1. The molecule has 0 saturated carbocycles. The molecule has 1 aromatic heterocycles. The first-order valence-corrected chi connectivity index (χ1v) is 11.3. The van der Waals surface area contributed by atoms with E-state index in [-0.39, 0.29) is 18.1 Å². The van der Waals surface area contributed by atoms with Crippen molar-refractivity contribution in [1.82, 2.24) is 4.57 Å². The molecule has 3 rings (SSSR count). The molecule has 0 saturated heterocycles. The molecule has 0 fully saturated rings. The van der Waals surface area contributed by atoms with Crippen LogP contribution in [0.1, 0.15) is 66.1 Å². The SMILES string of the molecule is CC(C)c1cn(CCCC(=O)O)cc1C(=O)c1cccc(NCCCc2ccccc2)c1. The van der Waals surface area contributed by atoms with Gasteiger partial charge in [-0.3, -0.25) is 9.59 Å². The number of nitrogens with one attached hydrogen (secondary N) is 1. The molecule has 2 aromatic carbocycles. The molecule has 2 N–H and O–H groups in total. The zero-order valence-corrected chi connectivity index (χ0v) is 18.9. The van der Waals surface area contributed by atoms with Crippen LogP contribution in [-0.4, -0.2) is 28.0 Å². The molecule has 0 aliphatic rings. The molecule has 0 atom stereocenters. The van der Waals surface area contributed by atoms with Crippen molar-refractivity contribution in [2.45, 2.75) is 52.0 Å². The Labute approximate surface area is 190 Å². The van der Waals surface area contributed by atoms with Crippen LogP contribution in [0.25, 0.3) is 0 Å². The molecule has 0 aliphatic carbocycles. The fraction of sp³-hybridized carbons (Fsp3) is 0.333. The van der Waals surface area contributed by atoms with Crippen molar-refractivity contribution < 1.29 is 14.7 Å². The third-order valence-electron chi connectivity index (χ3n) is 5.52. The Kier molecular flexibility index (Phi) is 8.26. The van der Waals surface area contributed by atoms with Crippen molar-refractivity contribution in [2.75, 3.05) is 11.9 Å². The lowest BCUT2D eigenvalue weighted by molar-refractivity contribution is -0.137. The predicted molar refractivity (Wildman–Crippen MR) is 129 cm³/mol. The monoisotopic (exact) mass is 432 g/mol. The second-order valence-electron chi connectivity index (χ2n) is 8.44. The zero-order chi connectivity index (χ0) is 22.9. The molecule has 3 aromatic rings. The summed E-state index contributed by atoms with van der Waals surface area (Å²) in [4.78, 5) is 24.1. The Hall–Kier alpha value is -3.34. The Morgan fingerprint density at radius 3 is 2.50 bits per heavy atom. The average Bonchev–Trinajstić information content (AvgIpc) is 3.21. The van der Waals surface area contributed by atoms with Gasteiger partial charge < -0.3 is 15.0 Å². The van der Waals surface area contributed by atoms with Crippen molar-refractivity contribution in [3.05, 3.63) is 89.2 Å². The van der Waals surface area contributed by atoms with Gasteiger partial charge in [0.05, 0.1) is 0 Å². The van der Waals surface area contributed by atoms with Gasteiger partial charge in [0.15, 0.2) is 5.78 Å². The lowest BCUT2D eigenvalue weighted by Crippen LogP contribution is -2.07. The maximum atomic E-state index is 13.3. The number of anilines is 1. The van der Waals surface area contributed by atoms with Crippen LogP contribution < -0.4 is 5.32 Å². The minimum absolute atomic E-state index is 0.00128. The molecular weight excluding hydrogens is 400 g/mol. The average molecular weight is 433 g/mol. The predicted octanol–water partition coefficient (Wildman–Crippen LogP) is 5.75. The molecule has 1 heterocycles. The highest BCUT2D eigenvalue weighted by atomic mass is 16.4. The molecule has 168 valence electrons. The van der Waals surface area contributed by atoms with Crippen molar-refractivity contribution in [3.63, 3.8) is 0 Å². The number of hydrogen-bond acceptors (Lipinski definition) is 3. The molecule has 32 heavy (non-hydrogen) atoms. The van der Waals surface area contributed by atoms with Crippen LogP contribution in [0.4, 0.5) is 5.69 Å². The summed E-state index contributed by atoms with van der Waals surface area (Å²) in [5.74, 6) is -0.599. The largest absolute Gasteiger partial charge is 0.481 e. The highest BCUT2D eigenvalue weighted by Gasteiger charge is 2.19. The van der Waals surface area contributed by atoms with E-state index >= 15 is 0 Å². The number of aromatic nitrogens is 1. The van der Waals surface area contributed by atoms with Crippen molar-refractivity contribution in [3.8, 4) is 0 Å². The van der Waals surface area contributed by atoms with Crippen molar-refractivity contribution >= 4 is 17.4 Å². The van der Waals surface area contributed by atoms with E-state index < -0.39 is 5.97 Å².